The fourth-order valence-electron chi connectivity index (χ4n) is 6.04. The van der Waals surface area contributed by atoms with E-state index in [0.29, 0.717) is 12.8 Å². The number of nitrogens with one attached hydrogen (secondary N) is 2. The van der Waals surface area contributed by atoms with Crippen LogP contribution in [-0.2, 0) is 23.9 Å². The second kappa shape index (κ2) is 36.4. The van der Waals surface area contributed by atoms with Gasteiger partial charge in [-0.3, -0.25) is 14.4 Å². The van der Waals surface area contributed by atoms with Crippen LogP contribution < -0.4 is 10.6 Å². The third-order valence-corrected chi connectivity index (χ3v) is 9.25. The van der Waals surface area contributed by atoms with E-state index in [0.717, 1.165) is 51.4 Å². The Balaban J connectivity index is 4.18. The van der Waals surface area contributed by atoms with Gasteiger partial charge in [0.05, 0.1) is 13.2 Å². The van der Waals surface area contributed by atoms with Crippen LogP contribution in [0.5, 0.6) is 0 Å². The summed E-state index contributed by atoms with van der Waals surface area (Å²) in [4.78, 5) is 47.4. The van der Waals surface area contributed by atoms with Crippen molar-refractivity contribution in [1.29, 1.82) is 0 Å². The van der Waals surface area contributed by atoms with Crippen LogP contribution in [0.3, 0.4) is 0 Å². The number of allylic oxidation sites excluding steroid dienone is 1. The van der Waals surface area contributed by atoms with Gasteiger partial charge in [0.2, 0.25) is 11.8 Å². The Bertz CT molecular complexity index is 864. The molecule has 50 heavy (non-hydrogen) atoms. The van der Waals surface area contributed by atoms with Crippen molar-refractivity contribution in [3.63, 3.8) is 0 Å². The average Bonchev–Trinajstić information content (AvgIpc) is 3.10. The van der Waals surface area contributed by atoms with Crippen molar-refractivity contribution < 1.29 is 34.1 Å². The lowest BCUT2D eigenvalue weighted by atomic mass is 10.0. The van der Waals surface area contributed by atoms with E-state index >= 15 is 0 Å². The minimum absolute atomic E-state index is 0.109. The molecule has 9 nitrogen and oxygen atoms in total. The van der Waals surface area contributed by atoms with Crippen LogP contribution in [0.25, 0.3) is 0 Å². The van der Waals surface area contributed by atoms with Gasteiger partial charge in [-0.15, -0.1) is 0 Å². The number of rotatable bonds is 37. The second-order valence-corrected chi connectivity index (χ2v) is 14.1. The molecule has 0 spiro atoms. The highest BCUT2D eigenvalue weighted by atomic mass is 16.5. The summed E-state index contributed by atoms with van der Waals surface area (Å²) >= 11 is 0. The van der Waals surface area contributed by atoms with Gasteiger partial charge in [-0.1, -0.05) is 155 Å². The number of amides is 2. The highest BCUT2D eigenvalue weighted by Crippen LogP contribution is 2.16. The van der Waals surface area contributed by atoms with E-state index in [1.165, 1.54) is 116 Å². The van der Waals surface area contributed by atoms with Gasteiger partial charge in [-0.25, -0.2) is 4.79 Å². The monoisotopic (exact) mass is 709 g/mol. The molecule has 2 atom stereocenters. The van der Waals surface area contributed by atoms with E-state index in [4.69, 9.17) is 14.9 Å². The third kappa shape index (κ3) is 32.8. The molecule has 9 heteroatoms. The van der Waals surface area contributed by atoms with Gasteiger partial charge in [0, 0.05) is 12.8 Å². The molecule has 0 bridgehead atoms. The Morgan fingerprint density at radius 1 is 0.600 bits per heavy atom. The smallest absolute Gasteiger partial charge is 0.328 e. The van der Waals surface area contributed by atoms with Crippen LogP contribution in [0.1, 0.15) is 200 Å². The Kier molecular flexibility index (Phi) is 34.6. The van der Waals surface area contributed by atoms with Crippen LogP contribution in [0, 0.1) is 0 Å². The highest BCUT2D eigenvalue weighted by molar-refractivity contribution is 5.87. The molecule has 0 aliphatic heterocycles. The summed E-state index contributed by atoms with van der Waals surface area (Å²) in [5.41, 5.74) is 0. The molecular weight excluding hydrogens is 632 g/mol. The average molecular weight is 709 g/mol. The predicted molar refractivity (Wildman–Crippen MR) is 204 cm³/mol. The number of carbonyl (C=O) groups is 4. The first-order valence-corrected chi connectivity index (χ1v) is 20.6. The first-order chi connectivity index (χ1) is 24.3. The zero-order valence-electron chi connectivity index (χ0n) is 32.2. The maximum Gasteiger partial charge on any atom is 0.328 e. The zero-order valence-corrected chi connectivity index (χ0v) is 32.2. The molecule has 2 unspecified atom stereocenters. The fourth-order valence-corrected chi connectivity index (χ4v) is 6.04. The normalized spacial score (nSPS) is 12.5. The van der Waals surface area contributed by atoms with E-state index in [1.807, 2.05) is 0 Å². The number of ether oxygens (including phenoxy) is 1. The molecule has 0 heterocycles. The first kappa shape index (κ1) is 47.6. The lowest BCUT2D eigenvalue weighted by molar-refractivity contribution is -0.147. The molecule has 0 aliphatic rings. The van der Waals surface area contributed by atoms with E-state index in [9.17, 15) is 19.2 Å². The van der Waals surface area contributed by atoms with Gasteiger partial charge in [0.15, 0.2) is 0 Å². The van der Waals surface area contributed by atoms with E-state index in [-0.39, 0.29) is 30.9 Å². The van der Waals surface area contributed by atoms with Gasteiger partial charge in [-0.2, -0.15) is 0 Å². The summed E-state index contributed by atoms with van der Waals surface area (Å²) in [6, 6.07) is -1.39. The number of esters is 1. The molecule has 0 saturated carbocycles. The van der Waals surface area contributed by atoms with Gasteiger partial charge in [-0.05, 0) is 44.6 Å². The van der Waals surface area contributed by atoms with Crippen molar-refractivity contribution in [2.75, 3.05) is 13.2 Å². The molecule has 0 rings (SSSR count). The van der Waals surface area contributed by atoms with Gasteiger partial charge in [0.1, 0.15) is 12.1 Å². The number of hydrogen-bond donors (Lipinski definition) is 4. The topological polar surface area (TPSA) is 142 Å². The third-order valence-electron chi connectivity index (χ3n) is 9.25. The number of hydrogen-bond acceptors (Lipinski definition) is 6. The van der Waals surface area contributed by atoms with Crippen LogP contribution >= 0.6 is 0 Å². The maximum atomic E-state index is 12.7. The molecule has 0 fully saturated rings. The molecule has 0 aliphatic carbocycles. The summed E-state index contributed by atoms with van der Waals surface area (Å²) < 4.78 is 5.89. The zero-order chi connectivity index (χ0) is 36.9. The number of aliphatic hydroxyl groups excluding tert-OH is 1. The summed E-state index contributed by atoms with van der Waals surface area (Å²) in [7, 11) is 0. The Hall–Kier alpha value is -2.42. The minimum atomic E-state index is -1.39. The molecule has 0 radical (unpaired) electrons. The Morgan fingerprint density at radius 3 is 1.56 bits per heavy atom. The number of carboxylic acids is 1. The molecule has 0 aromatic rings. The second-order valence-electron chi connectivity index (χ2n) is 14.1. The van der Waals surface area contributed by atoms with Crippen LogP contribution in [0.2, 0.25) is 0 Å². The Labute approximate surface area is 305 Å². The summed E-state index contributed by atoms with van der Waals surface area (Å²) in [5.74, 6) is -2.39. The SMILES string of the molecule is CCCCCCC/C=C\C(CCCCCCC(=O)NCC(=O)NC(CO)C(=O)O)OC(=O)CCCCCCCCCCCCCCCCCC. The lowest BCUT2D eigenvalue weighted by Gasteiger charge is -2.15. The largest absolute Gasteiger partial charge is 0.480 e. The van der Waals surface area contributed by atoms with Crippen molar-refractivity contribution in [3.8, 4) is 0 Å². The van der Waals surface area contributed by atoms with Crippen molar-refractivity contribution in [2.24, 2.45) is 0 Å². The van der Waals surface area contributed by atoms with Crippen LogP contribution in [0.4, 0.5) is 0 Å². The minimum Gasteiger partial charge on any atom is -0.480 e. The number of unbranched alkanes of at least 4 members (excludes halogenated alkanes) is 23. The van der Waals surface area contributed by atoms with Crippen LogP contribution in [0.15, 0.2) is 12.2 Å². The number of aliphatic hydroxyl groups is 1. The molecular formula is C41H76N2O7. The maximum absolute atomic E-state index is 12.7. The number of aliphatic carboxylic acids is 1. The standard InChI is InChI=1S/C41H76N2O7/c1-3-5-7-9-11-12-13-14-15-16-17-18-19-21-23-29-33-40(47)50-36(30-26-22-20-10-8-6-4-2)31-27-24-25-28-32-38(45)42-34-39(46)43-37(35-44)41(48)49/h26,30,36-37,44H,3-25,27-29,31-35H2,1-2H3,(H,42,45)(H,43,46)(H,48,49)/b30-26-. The van der Waals surface area contributed by atoms with Crippen molar-refractivity contribution >= 4 is 23.8 Å². The van der Waals surface area contributed by atoms with Gasteiger partial charge in [0.25, 0.3) is 0 Å². The summed E-state index contributed by atoms with van der Waals surface area (Å²) in [6.45, 7) is 3.44. The molecule has 0 aromatic heterocycles. The van der Waals surface area contributed by atoms with E-state index < -0.39 is 24.5 Å². The number of carboxylic acid groups (broad SMARTS) is 1. The Morgan fingerprint density at radius 2 is 1.06 bits per heavy atom. The molecule has 4 N–H and O–H groups in total. The van der Waals surface area contributed by atoms with Crippen molar-refractivity contribution in [3.05, 3.63) is 12.2 Å². The quantitative estimate of drug-likeness (QED) is 0.0286. The van der Waals surface area contributed by atoms with E-state index in [2.05, 4.69) is 36.6 Å². The predicted octanol–water partition coefficient (Wildman–Crippen LogP) is 9.48. The molecule has 0 saturated heterocycles. The van der Waals surface area contributed by atoms with Crippen molar-refractivity contribution in [2.45, 2.75) is 212 Å². The summed E-state index contributed by atoms with van der Waals surface area (Å²) in [5, 5.41) is 22.5. The fraction of sp³-hybridized carbons (Fsp3) is 0.854. The highest BCUT2D eigenvalue weighted by Gasteiger charge is 2.18. The molecule has 0 aromatic carbocycles. The summed E-state index contributed by atoms with van der Waals surface area (Å²) in [6.07, 6.45) is 36.9. The number of carbonyl (C=O) groups excluding carboxylic acids is 3. The lowest BCUT2D eigenvalue weighted by Crippen LogP contribution is -2.47. The van der Waals surface area contributed by atoms with Gasteiger partial charge >= 0.3 is 11.9 Å². The van der Waals surface area contributed by atoms with Gasteiger partial charge < -0.3 is 25.6 Å². The van der Waals surface area contributed by atoms with Crippen LogP contribution in [-0.4, -0.2) is 59.3 Å². The van der Waals surface area contributed by atoms with Crippen molar-refractivity contribution in [1.82, 2.24) is 10.6 Å². The van der Waals surface area contributed by atoms with E-state index in [1.54, 1.807) is 0 Å². The molecule has 292 valence electrons. The first-order valence-electron chi connectivity index (χ1n) is 20.6. The molecule has 2 amide bonds.